The number of hydrogen-bond donors (Lipinski definition) is 1. The molecule has 2 aromatic rings. The van der Waals surface area contributed by atoms with E-state index in [1.165, 1.54) is 4.90 Å². The molecule has 142 valence electrons. The summed E-state index contributed by atoms with van der Waals surface area (Å²) in [4.78, 5) is 38.3. The summed E-state index contributed by atoms with van der Waals surface area (Å²) in [6.45, 7) is 6.20. The molecular formula is C20H24N4O3. The molecule has 1 N–H and O–H groups in total. The van der Waals surface area contributed by atoms with Crippen molar-refractivity contribution in [2.75, 3.05) is 11.9 Å². The summed E-state index contributed by atoms with van der Waals surface area (Å²) < 4.78 is 1.78. The molecular weight excluding hydrogens is 344 g/mol. The van der Waals surface area contributed by atoms with Gasteiger partial charge in [0.15, 0.2) is 0 Å². The van der Waals surface area contributed by atoms with Gasteiger partial charge in [-0.05, 0) is 38.8 Å². The third kappa shape index (κ3) is 3.77. The minimum Gasteiger partial charge on any atom is -0.311 e. The smallest absolute Gasteiger partial charge is 0.261 e. The molecule has 0 radical (unpaired) electrons. The van der Waals surface area contributed by atoms with E-state index in [4.69, 9.17) is 0 Å². The summed E-state index contributed by atoms with van der Waals surface area (Å²) in [6.07, 6.45) is 3.19. The van der Waals surface area contributed by atoms with Gasteiger partial charge in [0.2, 0.25) is 5.91 Å². The maximum atomic E-state index is 12.4. The number of carbonyl (C=O) groups is 3. The van der Waals surface area contributed by atoms with Crippen LogP contribution >= 0.6 is 0 Å². The Bertz CT molecular complexity index is 887. The fraction of sp³-hybridized carbons (Fsp3) is 0.400. The van der Waals surface area contributed by atoms with Gasteiger partial charge in [0, 0.05) is 19.0 Å². The summed E-state index contributed by atoms with van der Waals surface area (Å²) in [5.74, 6) is -0.0720. The maximum Gasteiger partial charge on any atom is 0.261 e. The van der Waals surface area contributed by atoms with Crippen molar-refractivity contribution in [2.24, 2.45) is 0 Å². The van der Waals surface area contributed by atoms with Crippen LogP contribution in [0.4, 0.5) is 5.82 Å². The Morgan fingerprint density at radius 3 is 2.67 bits per heavy atom. The zero-order chi connectivity index (χ0) is 19.6. The van der Waals surface area contributed by atoms with Crippen molar-refractivity contribution in [3.05, 3.63) is 47.2 Å². The molecule has 1 aromatic carbocycles. The van der Waals surface area contributed by atoms with Crippen LogP contribution in [0, 0.1) is 6.92 Å². The van der Waals surface area contributed by atoms with Crippen LogP contribution in [0.25, 0.3) is 0 Å². The SMILES string of the molecule is CCC(C)n1nccc1NC(=O)CCCN1C(=O)c2ccc(C)cc2C1=O. The molecule has 1 aliphatic heterocycles. The van der Waals surface area contributed by atoms with Gasteiger partial charge in [-0.1, -0.05) is 18.6 Å². The summed E-state index contributed by atoms with van der Waals surface area (Å²) in [6, 6.07) is 7.20. The lowest BCUT2D eigenvalue weighted by atomic mass is 10.1. The predicted octanol–water partition coefficient (Wildman–Crippen LogP) is 3.18. The van der Waals surface area contributed by atoms with E-state index in [0.29, 0.717) is 23.4 Å². The summed E-state index contributed by atoms with van der Waals surface area (Å²) >= 11 is 0. The Kier molecular flexibility index (Phi) is 5.39. The fourth-order valence-corrected chi connectivity index (χ4v) is 3.15. The lowest BCUT2D eigenvalue weighted by Crippen LogP contribution is -2.31. The second-order valence-electron chi connectivity index (χ2n) is 6.88. The average Bonchev–Trinajstić information content (AvgIpc) is 3.19. The lowest BCUT2D eigenvalue weighted by molar-refractivity contribution is -0.116. The first-order valence-electron chi connectivity index (χ1n) is 9.22. The largest absolute Gasteiger partial charge is 0.311 e. The van der Waals surface area contributed by atoms with Crippen LogP contribution < -0.4 is 5.32 Å². The first kappa shape index (κ1) is 18.8. The van der Waals surface area contributed by atoms with Gasteiger partial charge in [0.25, 0.3) is 11.8 Å². The molecule has 0 fully saturated rings. The molecule has 7 heteroatoms. The Hall–Kier alpha value is -2.96. The van der Waals surface area contributed by atoms with E-state index in [0.717, 1.165) is 12.0 Å². The maximum absolute atomic E-state index is 12.4. The van der Waals surface area contributed by atoms with Crippen molar-refractivity contribution in [1.29, 1.82) is 0 Å². The van der Waals surface area contributed by atoms with E-state index in [1.54, 1.807) is 29.1 Å². The van der Waals surface area contributed by atoms with Gasteiger partial charge < -0.3 is 5.32 Å². The van der Waals surface area contributed by atoms with E-state index in [1.807, 2.05) is 19.9 Å². The Morgan fingerprint density at radius 1 is 1.19 bits per heavy atom. The highest BCUT2D eigenvalue weighted by Gasteiger charge is 2.34. The molecule has 7 nitrogen and oxygen atoms in total. The first-order valence-corrected chi connectivity index (χ1v) is 9.22. The molecule has 1 aliphatic rings. The van der Waals surface area contributed by atoms with E-state index in [9.17, 15) is 14.4 Å². The van der Waals surface area contributed by atoms with Crippen LogP contribution in [0.2, 0.25) is 0 Å². The van der Waals surface area contributed by atoms with E-state index >= 15 is 0 Å². The van der Waals surface area contributed by atoms with Crippen LogP contribution in [0.1, 0.15) is 65.4 Å². The number of fused-ring (bicyclic) bond motifs is 1. The number of hydrogen-bond acceptors (Lipinski definition) is 4. The van der Waals surface area contributed by atoms with Gasteiger partial charge in [-0.2, -0.15) is 5.10 Å². The van der Waals surface area contributed by atoms with Crippen molar-refractivity contribution in [1.82, 2.24) is 14.7 Å². The minimum absolute atomic E-state index is 0.160. The number of imide groups is 1. The van der Waals surface area contributed by atoms with E-state index in [2.05, 4.69) is 17.3 Å². The molecule has 2 heterocycles. The van der Waals surface area contributed by atoms with Crippen LogP contribution in [0.3, 0.4) is 0 Å². The zero-order valence-electron chi connectivity index (χ0n) is 15.9. The number of benzene rings is 1. The molecule has 3 amide bonds. The van der Waals surface area contributed by atoms with E-state index < -0.39 is 0 Å². The van der Waals surface area contributed by atoms with Crippen molar-refractivity contribution in [2.45, 2.75) is 46.1 Å². The Morgan fingerprint density at radius 2 is 1.93 bits per heavy atom. The molecule has 1 unspecified atom stereocenters. The lowest BCUT2D eigenvalue weighted by Gasteiger charge is -2.15. The van der Waals surface area contributed by atoms with Gasteiger partial charge in [-0.3, -0.25) is 19.3 Å². The normalized spacial score (nSPS) is 14.4. The molecule has 0 aliphatic carbocycles. The van der Waals surface area contributed by atoms with Gasteiger partial charge >= 0.3 is 0 Å². The highest BCUT2D eigenvalue weighted by Crippen LogP contribution is 2.24. The van der Waals surface area contributed by atoms with Crippen molar-refractivity contribution in [3.63, 3.8) is 0 Å². The topological polar surface area (TPSA) is 84.3 Å². The van der Waals surface area contributed by atoms with Gasteiger partial charge in [0.1, 0.15) is 5.82 Å². The Balaban J connectivity index is 1.55. The van der Waals surface area contributed by atoms with Crippen LogP contribution in [-0.2, 0) is 4.79 Å². The molecule has 27 heavy (non-hydrogen) atoms. The molecule has 1 aromatic heterocycles. The summed E-state index contributed by atoms with van der Waals surface area (Å²) in [7, 11) is 0. The summed E-state index contributed by atoms with van der Waals surface area (Å²) in [5.41, 5.74) is 1.82. The monoisotopic (exact) mass is 368 g/mol. The number of nitrogens with one attached hydrogen (secondary N) is 1. The minimum atomic E-state index is -0.287. The average molecular weight is 368 g/mol. The highest BCUT2D eigenvalue weighted by molar-refractivity contribution is 6.21. The molecule has 3 rings (SSSR count). The third-order valence-electron chi connectivity index (χ3n) is 4.86. The Labute approximate surface area is 158 Å². The van der Waals surface area contributed by atoms with Gasteiger partial charge in [-0.15, -0.1) is 0 Å². The number of aromatic nitrogens is 2. The number of carbonyl (C=O) groups excluding carboxylic acids is 3. The fourth-order valence-electron chi connectivity index (χ4n) is 3.15. The highest BCUT2D eigenvalue weighted by atomic mass is 16.2. The number of nitrogens with zero attached hydrogens (tertiary/aromatic N) is 3. The predicted molar refractivity (Wildman–Crippen MR) is 102 cm³/mol. The second-order valence-corrected chi connectivity index (χ2v) is 6.88. The molecule has 1 atom stereocenters. The van der Waals surface area contributed by atoms with Crippen LogP contribution in [0.5, 0.6) is 0 Å². The molecule has 0 bridgehead atoms. The van der Waals surface area contributed by atoms with Gasteiger partial charge in [0.05, 0.1) is 23.4 Å². The molecule has 0 saturated heterocycles. The standard InChI is InChI=1S/C20H24N4O3/c1-4-14(3)24-17(9-10-21-24)22-18(25)6-5-11-23-19(26)15-8-7-13(2)12-16(15)20(23)27/h7-10,12,14H,4-6,11H2,1-3H3,(H,22,25). The summed E-state index contributed by atoms with van der Waals surface area (Å²) in [5, 5.41) is 7.09. The quantitative estimate of drug-likeness (QED) is 0.761. The zero-order valence-corrected chi connectivity index (χ0v) is 15.9. The van der Waals surface area contributed by atoms with Crippen molar-refractivity contribution in [3.8, 4) is 0 Å². The molecule has 0 spiro atoms. The number of anilines is 1. The van der Waals surface area contributed by atoms with Crippen molar-refractivity contribution >= 4 is 23.5 Å². The second kappa shape index (κ2) is 7.73. The van der Waals surface area contributed by atoms with Crippen molar-refractivity contribution < 1.29 is 14.4 Å². The third-order valence-corrected chi connectivity index (χ3v) is 4.86. The van der Waals surface area contributed by atoms with Crippen LogP contribution in [0.15, 0.2) is 30.5 Å². The molecule has 0 saturated carbocycles. The number of amides is 3. The van der Waals surface area contributed by atoms with Gasteiger partial charge in [-0.25, -0.2) is 4.68 Å². The number of aryl methyl sites for hydroxylation is 1. The number of rotatable bonds is 7. The first-order chi connectivity index (χ1) is 12.9. The van der Waals surface area contributed by atoms with Crippen LogP contribution in [-0.4, -0.2) is 38.9 Å². The van der Waals surface area contributed by atoms with E-state index in [-0.39, 0.29) is 36.7 Å².